The van der Waals surface area contributed by atoms with E-state index in [1.165, 1.54) is 46.7 Å². The summed E-state index contributed by atoms with van der Waals surface area (Å²) in [7, 11) is 1.26. The number of anilines is 1. The number of hydrogen-bond acceptors (Lipinski definition) is 14. The number of thiazole rings is 1. The van der Waals surface area contributed by atoms with Gasteiger partial charge in [0.2, 0.25) is 0 Å². The molecule has 3 aromatic heterocycles. The molecule has 2 aliphatic heterocycles. The minimum absolute atomic E-state index is 0.167. The number of amides is 2. The number of hydrogen-bond donors (Lipinski definition) is 4. The molecule has 0 spiro atoms. The molecule has 5 rings (SSSR count). The Bertz CT molecular complexity index is 1600. The summed E-state index contributed by atoms with van der Waals surface area (Å²) >= 11 is 3.61. The van der Waals surface area contributed by atoms with Crippen LogP contribution in [0.3, 0.4) is 0 Å². The second-order valence-corrected chi connectivity index (χ2v) is 11.3. The summed E-state index contributed by atoms with van der Waals surface area (Å²) in [5.74, 6) is -3.22. The molecule has 0 aliphatic carbocycles. The molecule has 1 fully saturated rings. The number of nitrogens with two attached hydrogens (primary N) is 1. The van der Waals surface area contributed by atoms with E-state index in [4.69, 9.17) is 15.7 Å². The Morgan fingerprint density at radius 3 is 2.80 bits per heavy atom. The van der Waals surface area contributed by atoms with Crippen LogP contribution in [0, 0.1) is 0 Å². The third-order valence-corrected chi connectivity index (χ3v) is 8.81. The number of carbonyl (C=O) groups is 4. The van der Waals surface area contributed by atoms with Crippen LogP contribution in [0.4, 0.5) is 5.13 Å². The number of oxime groups is 1. The van der Waals surface area contributed by atoms with E-state index in [9.17, 15) is 24.3 Å². The first-order valence-electron chi connectivity index (χ1n) is 11.3. The quantitative estimate of drug-likeness (QED) is 0.0763. The Morgan fingerprint density at radius 2 is 2.12 bits per heavy atom. The number of aromatic nitrogens is 5. The van der Waals surface area contributed by atoms with Crippen LogP contribution in [-0.4, -0.2) is 99.4 Å². The van der Waals surface area contributed by atoms with E-state index in [0.29, 0.717) is 21.9 Å². The van der Waals surface area contributed by atoms with Crippen molar-refractivity contribution in [3.63, 3.8) is 0 Å². The molecule has 0 unspecified atom stereocenters. The molecule has 19 heteroatoms. The zero-order valence-corrected chi connectivity index (χ0v) is 22.8. The fraction of sp³-hybridized carbons (Fsp3) is 0.286. The second-order valence-electron chi connectivity index (χ2n) is 8.26. The van der Waals surface area contributed by atoms with E-state index >= 15 is 0 Å². The topological polar surface area (TPSA) is 228 Å². The Kier molecular flexibility index (Phi) is 7.59. The third-order valence-electron chi connectivity index (χ3n) is 5.71. The smallest absolute Gasteiger partial charge is 0.352 e. The Hall–Kier alpha value is -4.23. The van der Waals surface area contributed by atoms with Crippen LogP contribution in [0.1, 0.15) is 11.4 Å². The number of thioether (sulfide) groups is 2. The molecule has 208 valence electrons. The summed E-state index contributed by atoms with van der Waals surface area (Å²) in [4.78, 5) is 63.6. The third kappa shape index (κ3) is 5.17. The first kappa shape index (κ1) is 27.3. The molecule has 2 amide bonds. The lowest BCUT2D eigenvalue weighted by Gasteiger charge is -2.49. The highest BCUT2D eigenvalue weighted by molar-refractivity contribution is 8.01. The molecule has 0 radical (unpaired) electrons. The number of carboxylic acids is 2. The maximum Gasteiger partial charge on any atom is 0.352 e. The summed E-state index contributed by atoms with van der Waals surface area (Å²) < 4.78 is 1.42. The second kappa shape index (κ2) is 11.1. The van der Waals surface area contributed by atoms with Gasteiger partial charge >= 0.3 is 11.9 Å². The summed E-state index contributed by atoms with van der Waals surface area (Å²) in [6.07, 6.45) is 1.08. The van der Waals surface area contributed by atoms with Gasteiger partial charge in [0.25, 0.3) is 11.8 Å². The molecule has 2 atom stereocenters. The largest absolute Gasteiger partial charge is 0.481 e. The van der Waals surface area contributed by atoms with E-state index in [1.54, 1.807) is 6.07 Å². The van der Waals surface area contributed by atoms with Crippen LogP contribution >= 0.6 is 34.9 Å². The van der Waals surface area contributed by atoms with Gasteiger partial charge in [-0.25, -0.2) is 14.8 Å². The predicted molar refractivity (Wildman–Crippen MR) is 143 cm³/mol. The number of β-lactam (4-membered cyclic amide) rings is 1. The minimum atomic E-state index is -1.29. The van der Waals surface area contributed by atoms with Crippen molar-refractivity contribution in [2.75, 3.05) is 24.3 Å². The zero-order chi connectivity index (χ0) is 28.6. The molecular weight excluding hydrogens is 586 g/mol. The van der Waals surface area contributed by atoms with E-state index in [-0.39, 0.29) is 40.2 Å². The van der Waals surface area contributed by atoms with E-state index in [0.717, 1.165) is 16.2 Å². The van der Waals surface area contributed by atoms with E-state index in [1.807, 2.05) is 0 Å². The van der Waals surface area contributed by atoms with Gasteiger partial charge in [-0.2, -0.15) is 4.52 Å². The van der Waals surface area contributed by atoms with Gasteiger partial charge in [0.15, 0.2) is 16.5 Å². The number of nitrogens with zero attached hydrogens (tertiary/aromatic N) is 7. The maximum absolute atomic E-state index is 13.1. The number of nitrogen functional groups attached to an aromatic ring is 1. The SMILES string of the molecule is CON=C(C(=O)N[C@@H]1C(=O)N2C(C(=O)O)=C(CSc3cc(CC(=O)O)nc4cnnn34)CS[C@H]12)c1csc(N)n1. The lowest BCUT2D eigenvalue weighted by molar-refractivity contribution is -0.150. The lowest BCUT2D eigenvalue weighted by atomic mass is 10.0. The molecule has 1 saturated heterocycles. The van der Waals surface area contributed by atoms with Crippen molar-refractivity contribution in [3.05, 3.63) is 40.3 Å². The number of fused-ring (bicyclic) bond motifs is 2. The number of aliphatic carboxylic acids is 2. The number of nitrogens with one attached hydrogen (secondary N) is 1. The van der Waals surface area contributed by atoms with Gasteiger partial charge in [-0.15, -0.1) is 40.0 Å². The highest BCUT2D eigenvalue weighted by Gasteiger charge is 2.54. The van der Waals surface area contributed by atoms with Gasteiger partial charge in [-0.3, -0.25) is 19.3 Å². The Labute approximate surface area is 236 Å². The minimum Gasteiger partial charge on any atom is -0.481 e. The van der Waals surface area contributed by atoms with Gasteiger partial charge in [0.05, 0.1) is 18.3 Å². The molecule has 3 aromatic rings. The van der Waals surface area contributed by atoms with Gasteiger partial charge in [0.1, 0.15) is 34.9 Å². The Balaban J connectivity index is 1.34. The Morgan fingerprint density at radius 1 is 1.32 bits per heavy atom. The average molecular weight is 606 g/mol. The van der Waals surface area contributed by atoms with Crippen molar-refractivity contribution in [2.45, 2.75) is 22.9 Å². The molecule has 16 nitrogen and oxygen atoms in total. The molecule has 5 N–H and O–H groups in total. The summed E-state index contributed by atoms with van der Waals surface area (Å²) in [5.41, 5.74) is 6.60. The van der Waals surface area contributed by atoms with Gasteiger partial charge < -0.3 is 26.1 Å². The van der Waals surface area contributed by atoms with Gasteiger partial charge in [-0.05, 0) is 11.6 Å². The highest BCUT2D eigenvalue weighted by atomic mass is 32.2. The maximum atomic E-state index is 13.1. The van der Waals surface area contributed by atoms with Crippen LogP contribution < -0.4 is 11.1 Å². The molecule has 0 bridgehead atoms. The molecule has 5 heterocycles. The highest BCUT2D eigenvalue weighted by Crippen LogP contribution is 2.41. The standard InChI is InChI=1S/C21H19N9O7S3/c1-37-27-14(10-7-40-21(22)25-10)17(33)26-15-18(34)29-16(20(35)36)8(6-39-19(15)29)5-38-12-2-9(3-13(31)32)24-11-4-23-28-30(11)12/h2,4,7,15,19H,3,5-6H2,1H3,(H2,22,25)(H,26,33)(H,31,32)(H,35,36)/t15-,19-/m1/s1. The molecule has 0 saturated carbocycles. The molecule has 40 heavy (non-hydrogen) atoms. The molecule has 2 aliphatic rings. The number of carbonyl (C=O) groups excluding carboxylic acids is 2. The van der Waals surface area contributed by atoms with Gasteiger partial charge in [0, 0.05) is 16.9 Å². The molecule has 0 aromatic carbocycles. The predicted octanol–water partition coefficient (Wildman–Crippen LogP) is -0.328. The fourth-order valence-electron chi connectivity index (χ4n) is 4.05. The van der Waals surface area contributed by atoms with Crippen molar-refractivity contribution < 1.29 is 34.2 Å². The van der Waals surface area contributed by atoms with Crippen molar-refractivity contribution in [1.29, 1.82) is 0 Å². The number of rotatable bonds is 10. The van der Waals surface area contributed by atoms with Crippen molar-refractivity contribution in [2.24, 2.45) is 5.16 Å². The van der Waals surface area contributed by atoms with Crippen LogP contribution in [-0.2, 0) is 30.4 Å². The zero-order valence-electron chi connectivity index (χ0n) is 20.4. The summed E-state index contributed by atoms with van der Waals surface area (Å²) in [6.45, 7) is 0. The van der Waals surface area contributed by atoms with Crippen molar-refractivity contribution in [1.82, 2.24) is 35.0 Å². The van der Waals surface area contributed by atoms with Crippen molar-refractivity contribution in [3.8, 4) is 0 Å². The van der Waals surface area contributed by atoms with E-state index < -0.39 is 35.2 Å². The first-order valence-corrected chi connectivity index (χ1v) is 14.2. The average Bonchev–Trinajstić information content (AvgIpc) is 3.56. The monoisotopic (exact) mass is 605 g/mol. The summed E-state index contributed by atoms with van der Waals surface area (Å²) in [6, 6.07) is 0.558. The van der Waals surface area contributed by atoms with Gasteiger partial charge in [-0.1, -0.05) is 10.4 Å². The number of carboxylic acid groups (broad SMARTS) is 2. The lowest BCUT2D eigenvalue weighted by Crippen LogP contribution is -2.71. The van der Waals surface area contributed by atoms with Crippen LogP contribution in [0.5, 0.6) is 0 Å². The first-order chi connectivity index (χ1) is 19.2. The summed E-state index contributed by atoms with van der Waals surface area (Å²) in [5, 5.41) is 34.8. The normalized spacial score (nSPS) is 18.9. The van der Waals surface area contributed by atoms with Crippen molar-refractivity contribution >= 4 is 75.1 Å². The fourth-order valence-corrected chi connectivity index (χ4v) is 7.11. The molecular formula is C21H19N9O7S3. The van der Waals surface area contributed by atoms with Crippen LogP contribution in [0.25, 0.3) is 5.65 Å². The van der Waals surface area contributed by atoms with Crippen LogP contribution in [0.15, 0.2) is 39.1 Å². The van der Waals surface area contributed by atoms with E-state index in [2.05, 4.69) is 30.8 Å². The van der Waals surface area contributed by atoms with Crippen LogP contribution in [0.2, 0.25) is 0 Å².